The lowest BCUT2D eigenvalue weighted by molar-refractivity contribution is -0.128. The maximum absolute atomic E-state index is 12.0. The molecule has 0 fully saturated rings. The van der Waals surface area contributed by atoms with Gasteiger partial charge in [0.05, 0.1) is 6.54 Å². The molecule has 2 aromatic rings. The van der Waals surface area contributed by atoms with Crippen LogP contribution in [0.5, 0.6) is 0 Å². The molecule has 2 N–H and O–H groups in total. The van der Waals surface area contributed by atoms with E-state index in [2.05, 4.69) is 26.6 Å². The number of benzene rings is 2. The van der Waals surface area contributed by atoms with Gasteiger partial charge in [0.2, 0.25) is 11.8 Å². The molecule has 0 saturated carbocycles. The second kappa shape index (κ2) is 9.22. The lowest BCUT2D eigenvalue weighted by Gasteiger charge is -2.11. The van der Waals surface area contributed by atoms with Crippen LogP contribution in [0.2, 0.25) is 0 Å². The lowest BCUT2D eigenvalue weighted by Crippen LogP contribution is -2.22. The van der Waals surface area contributed by atoms with Crippen LogP contribution in [0.25, 0.3) is 0 Å². The van der Waals surface area contributed by atoms with Gasteiger partial charge < -0.3 is 15.5 Å². The van der Waals surface area contributed by atoms with Crippen molar-refractivity contribution in [2.24, 2.45) is 0 Å². The Balaban J connectivity index is 1.80. The first-order valence-corrected chi connectivity index (χ1v) is 8.82. The lowest BCUT2D eigenvalue weighted by atomic mass is 10.1. The summed E-state index contributed by atoms with van der Waals surface area (Å²) in [7, 11) is 3.51. The summed E-state index contributed by atoms with van der Waals surface area (Å²) in [5.41, 5.74) is 2.69. The number of halogens is 1. The number of nitrogens with zero attached hydrogens (tertiary/aromatic N) is 1. The summed E-state index contributed by atoms with van der Waals surface area (Å²) < 4.78 is 0.959. The summed E-state index contributed by atoms with van der Waals surface area (Å²) >= 11 is 3.39. The Morgan fingerprint density at radius 1 is 1.04 bits per heavy atom. The van der Waals surface area contributed by atoms with E-state index in [0.29, 0.717) is 12.8 Å². The zero-order valence-corrected chi connectivity index (χ0v) is 16.0. The van der Waals surface area contributed by atoms with Gasteiger partial charge in [-0.3, -0.25) is 9.59 Å². The van der Waals surface area contributed by atoms with Crippen molar-refractivity contribution in [3.63, 3.8) is 0 Å². The first-order valence-electron chi connectivity index (χ1n) is 8.02. The Kier molecular flexibility index (Phi) is 7.01. The molecule has 0 heterocycles. The highest BCUT2D eigenvalue weighted by molar-refractivity contribution is 9.10. The third-order valence-corrected chi connectivity index (χ3v) is 4.13. The highest BCUT2D eigenvalue weighted by Crippen LogP contribution is 2.15. The number of amides is 2. The van der Waals surface area contributed by atoms with E-state index in [-0.39, 0.29) is 18.4 Å². The van der Waals surface area contributed by atoms with Crippen LogP contribution in [0.4, 0.5) is 11.4 Å². The van der Waals surface area contributed by atoms with Gasteiger partial charge in [0, 0.05) is 36.4 Å². The molecule has 2 aromatic carbocycles. The van der Waals surface area contributed by atoms with Gasteiger partial charge in [0.25, 0.3) is 0 Å². The van der Waals surface area contributed by atoms with E-state index < -0.39 is 0 Å². The molecular weight excluding hydrogens is 382 g/mol. The second-order valence-corrected chi connectivity index (χ2v) is 6.81. The molecule has 0 saturated heterocycles. The Morgan fingerprint density at radius 3 is 2.40 bits per heavy atom. The predicted octanol–water partition coefficient (Wildman–Crippen LogP) is 3.52. The van der Waals surface area contributed by atoms with E-state index in [0.717, 1.165) is 21.4 Å². The van der Waals surface area contributed by atoms with Crippen LogP contribution in [0.1, 0.15) is 12.0 Å². The third kappa shape index (κ3) is 6.58. The fourth-order valence-corrected chi connectivity index (χ4v) is 2.61. The van der Waals surface area contributed by atoms with Crippen LogP contribution in [-0.2, 0) is 16.0 Å². The number of anilines is 2. The number of carbonyl (C=O) groups is 2. The van der Waals surface area contributed by atoms with Crippen LogP contribution < -0.4 is 10.6 Å². The Morgan fingerprint density at radius 2 is 1.76 bits per heavy atom. The number of hydrogen-bond donors (Lipinski definition) is 2. The zero-order chi connectivity index (χ0) is 18.2. The average Bonchev–Trinajstić information content (AvgIpc) is 2.59. The topological polar surface area (TPSA) is 61.4 Å². The molecule has 0 aliphatic heterocycles. The van der Waals surface area contributed by atoms with E-state index in [1.165, 1.54) is 0 Å². The molecule has 0 unspecified atom stereocenters. The number of aryl methyl sites for hydroxylation is 1. The summed E-state index contributed by atoms with van der Waals surface area (Å²) in [6, 6.07) is 15.2. The minimum Gasteiger partial charge on any atom is -0.376 e. The molecule has 2 amide bonds. The minimum absolute atomic E-state index is 0.107. The summed E-state index contributed by atoms with van der Waals surface area (Å²) in [6.07, 6.45) is 1.17. The van der Waals surface area contributed by atoms with E-state index in [1.807, 2.05) is 48.5 Å². The molecule has 6 heteroatoms. The monoisotopic (exact) mass is 403 g/mol. The highest BCUT2D eigenvalue weighted by Gasteiger charge is 2.06. The molecule has 0 radical (unpaired) electrons. The fourth-order valence-electron chi connectivity index (χ4n) is 2.22. The molecule has 0 atom stereocenters. The standard InChI is InChI=1S/C19H22BrN3O2/c1-23(2)19(25)11-8-14-6-9-16(10-7-14)22-18(24)13-21-17-5-3-4-15(20)12-17/h3-7,9-10,12,21H,8,11,13H2,1-2H3,(H,22,24). The second-order valence-electron chi connectivity index (χ2n) is 5.90. The number of carbonyl (C=O) groups excluding carboxylic acids is 2. The largest absolute Gasteiger partial charge is 0.376 e. The van der Waals surface area contributed by atoms with Crippen molar-refractivity contribution in [2.45, 2.75) is 12.8 Å². The molecule has 5 nitrogen and oxygen atoms in total. The molecule has 0 aromatic heterocycles. The van der Waals surface area contributed by atoms with E-state index in [1.54, 1.807) is 19.0 Å². The normalized spacial score (nSPS) is 10.2. The van der Waals surface area contributed by atoms with Crippen LogP contribution in [0.3, 0.4) is 0 Å². The van der Waals surface area contributed by atoms with Gasteiger partial charge in [-0.15, -0.1) is 0 Å². The number of hydrogen-bond acceptors (Lipinski definition) is 3. The molecule has 0 spiro atoms. The maximum atomic E-state index is 12.0. The molecule has 0 bridgehead atoms. The highest BCUT2D eigenvalue weighted by atomic mass is 79.9. The number of nitrogens with one attached hydrogen (secondary N) is 2. The number of rotatable bonds is 7. The van der Waals surface area contributed by atoms with Gasteiger partial charge in [-0.25, -0.2) is 0 Å². The van der Waals surface area contributed by atoms with Crippen molar-refractivity contribution in [3.05, 3.63) is 58.6 Å². The van der Waals surface area contributed by atoms with E-state index in [9.17, 15) is 9.59 Å². The molecular formula is C19H22BrN3O2. The van der Waals surface area contributed by atoms with Gasteiger partial charge in [0.1, 0.15) is 0 Å². The molecule has 132 valence electrons. The first-order chi connectivity index (χ1) is 11.9. The van der Waals surface area contributed by atoms with Gasteiger partial charge in [-0.05, 0) is 42.3 Å². The van der Waals surface area contributed by atoms with Crippen molar-refractivity contribution in [3.8, 4) is 0 Å². The fraction of sp³-hybridized carbons (Fsp3) is 0.263. The van der Waals surface area contributed by atoms with Crippen LogP contribution >= 0.6 is 15.9 Å². The van der Waals surface area contributed by atoms with Gasteiger partial charge >= 0.3 is 0 Å². The Labute approximate surface area is 156 Å². The van der Waals surface area contributed by atoms with Crippen molar-refractivity contribution in [2.75, 3.05) is 31.3 Å². The average molecular weight is 404 g/mol. The molecule has 25 heavy (non-hydrogen) atoms. The molecule has 0 aliphatic carbocycles. The van der Waals surface area contributed by atoms with E-state index >= 15 is 0 Å². The van der Waals surface area contributed by atoms with Crippen molar-refractivity contribution >= 4 is 39.1 Å². The van der Waals surface area contributed by atoms with Crippen LogP contribution in [-0.4, -0.2) is 37.4 Å². The molecule has 2 rings (SSSR count). The Hall–Kier alpha value is -2.34. The van der Waals surface area contributed by atoms with Gasteiger partial charge in [-0.1, -0.05) is 34.1 Å². The van der Waals surface area contributed by atoms with Gasteiger partial charge in [0.15, 0.2) is 0 Å². The summed E-state index contributed by atoms with van der Waals surface area (Å²) in [4.78, 5) is 25.2. The van der Waals surface area contributed by atoms with Crippen LogP contribution in [0, 0.1) is 0 Å². The SMILES string of the molecule is CN(C)C(=O)CCc1ccc(NC(=O)CNc2cccc(Br)c2)cc1. The third-order valence-electron chi connectivity index (χ3n) is 3.64. The van der Waals surface area contributed by atoms with Crippen LogP contribution in [0.15, 0.2) is 53.0 Å². The van der Waals surface area contributed by atoms with E-state index in [4.69, 9.17) is 0 Å². The van der Waals surface area contributed by atoms with Crippen molar-refractivity contribution in [1.29, 1.82) is 0 Å². The smallest absolute Gasteiger partial charge is 0.243 e. The summed E-state index contributed by atoms with van der Waals surface area (Å²) in [5.74, 6) is -0.00786. The maximum Gasteiger partial charge on any atom is 0.243 e. The minimum atomic E-state index is -0.115. The summed E-state index contributed by atoms with van der Waals surface area (Å²) in [6.45, 7) is 0.190. The van der Waals surface area contributed by atoms with Crippen molar-refractivity contribution < 1.29 is 9.59 Å². The predicted molar refractivity (Wildman–Crippen MR) is 105 cm³/mol. The zero-order valence-electron chi connectivity index (χ0n) is 14.4. The summed E-state index contributed by atoms with van der Waals surface area (Å²) in [5, 5.41) is 5.92. The quantitative estimate of drug-likeness (QED) is 0.743. The van der Waals surface area contributed by atoms with Gasteiger partial charge in [-0.2, -0.15) is 0 Å². The first kappa shape index (κ1) is 19.0. The Bertz CT molecular complexity index is 730. The van der Waals surface area contributed by atoms with Crippen molar-refractivity contribution in [1.82, 2.24) is 4.90 Å². The molecule has 0 aliphatic rings.